The number of carbonyl (C=O) groups is 2. The van der Waals surface area contributed by atoms with Crippen molar-refractivity contribution in [2.75, 3.05) is 0 Å². The first-order valence-corrected chi connectivity index (χ1v) is 6.43. The summed E-state index contributed by atoms with van der Waals surface area (Å²) in [5.41, 5.74) is -0.0451. The van der Waals surface area contributed by atoms with Crippen LogP contribution in [0.25, 0.3) is 0 Å². The molecule has 2 N–H and O–H groups in total. The van der Waals surface area contributed by atoms with Gasteiger partial charge in [0, 0.05) is 12.1 Å². The number of carbonyl (C=O) groups excluding carboxylic acids is 2. The lowest BCUT2D eigenvalue weighted by molar-refractivity contribution is -0.384. The molecule has 2 aromatic carbocycles. The summed E-state index contributed by atoms with van der Waals surface area (Å²) in [4.78, 5) is 37.6. The lowest BCUT2D eigenvalue weighted by Crippen LogP contribution is -2.13. The highest BCUT2D eigenvalue weighted by atomic mass is 16.7. The van der Waals surface area contributed by atoms with Gasteiger partial charge in [0.15, 0.2) is 0 Å². The fraction of sp³-hybridized carbons (Fsp3) is 0.0667. The van der Waals surface area contributed by atoms with Crippen LogP contribution in [0.5, 0.6) is 0 Å². The van der Waals surface area contributed by atoms with E-state index in [2.05, 4.69) is 4.84 Å². The van der Waals surface area contributed by atoms with Crippen LogP contribution in [0.2, 0.25) is 0 Å². The van der Waals surface area contributed by atoms with Crippen LogP contribution in [0.1, 0.15) is 26.3 Å². The zero-order valence-electron chi connectivity index (χ0n) is 11.8. The molecule has 2 aromatic rings. The van der Waals surface area contributed by atoms with Gasteiger partial charge in [-0.2, -0.15) is 5.90 Å². The molecule has 0 fully saturated rings. The van der Waals surface area contributed by atoms with Gasteiger partial charge in [0.05, 0.1) is 16.1 Å². The summed E-state index contributed by atoms with van der Waals surface area (Å²) in [5.74, 6) is 2.96. The highest BCUT2D eigenvalue weighted by Gasteiger charge is 2.19. The Morgan fingerprint density at radius 1 is 1.04 bits per heavy atom. The molecule has 0 saturated carbocycles. The summed E-state index contributed by atoms with van der Waals surface area (Å²) in [6.07, 6.45) is 0. The largest absolute Gasteiger partial charge is 0.457 e. The average molecular weight is 316 g/mol. The third-order valence-electron chi connectivity index (χ3n) is 2.92. The van der Waals surface area contributed by atoms with E-state index in [9.17, 15) is 19.7 Å². The Bertz CT molecular complexity index is 745. The highest BCUT2D eigenvalue weighted by molar-refractivity contribution is 5.96. The minimum atomic E-state index is -0.995. The maximum atomic E-state index is 12.0. The Morgan fingerprint density at radius 2 is 1.65 bits per heavy atom. The molecule has 118 valence electrons. The van der Waals surface area contributed by atoms with E-state index < -0.39 is 22.5 Å². The Hall–Kier alpha value is -3.26. The van der Waals surface area contributed by atoms with E-state index >= 15 is 0 Å². The van der Waals surface area contributed by atoms with Crippen LogP contribution in [0.4, 0.5) is 5.69 Å². The van der Waals surface area contributed by atoms with E-state index in [0.29, 0.717) is 0 Å². The molecule has 0 amide bonds. The van der Waals surface area contributed by atoms with Gasteiger partial charge in [-0.25, -0.2) is 9.59 Å². The molecule has 8 nitrogen and oxygen atoms in total. The number of non-ortho nitro benzene ring substituents is 1. The Kier molecular flexibility index (Phi) is 5.00. The second-order valence-corrected chi connectivity index (χ2v) is 4.49. The number of benzene rings is 2. The fourth-order valence-electron chi connectivity index (χ4n) is 1.83. The Morgan fingerprint density at radius 3 is 2.22 bits per heavy atom. The number of hydrogen-bond acceptors (Lipinski definition) is 7. The van der Waals surface area contributed by atoms with Crippen molar-refractivity contribution in [1.82, 2.24) is 0 Å². The van der Waals surface area contributed by atoms with Gasteiger partial charge in [0.1, 0.15) is 6.61 Å². The van der Waals surface area contributed by atoms with Gasteiger partial charge in [0.25, 0.3) is 5.69 Å². The zero-order chi connectivity index (χ0) is 16.8. The number of ether oxygens (including phenoxy) is 1. The second-order valence-electron chi connectivity index (χ2n) is 4.49. The maximum absolute atomic E-state index is 12.0. The lowest BCUT2D eigenvalue weighted by Gasteiger charge is -2.06. The molecular weight excluding hydrogens is 304 g/mol. The normalized spacial score (nSPS) is 9.96. The number of nitrogens with zero attached hydrogens (tertiary/aromatic N) is 1. The van der Waals surface area contributed by atoms with Crippen LogP contribution in [0.15, 0.2) is 48.5 Å². The van der Waals surface area contributed by atoms with E-state index in [1.165, 1.54) is 0 Å². The number of rotatable bonds is 5. The second kappa shape index (κ2) is 7.14. The van der Waals surface area contributed by atoms with Crippen molar-refractivity contribution in [3.8, 4) is 0 Å². The van der Waals surface area contributed by atoms with Crippen molar-refractivity contribution in [3.63, 3.8) is 0 Å². The molecule has 0 aliphatic heterocycles. The molecule has 0 aromatic heterocycles. The summed E-state index contributed by atoms with van der Waals surface area (Å²) in [7, 11) is 0. The predicted molar refractivity (Wildman–Crippen MR) is 78.3 cm³/mol. The van der Waals surface area contributed by atoms with Crippen molar-refractivity contribution < 1.29 is 24.1 Å². The molecule has 0 unspecified atom stereocenters. The van der Waals surface area contributed by atoms with Crippen LogP contribution in [-0.2, 0) is 16.2 Å². The first-order chi connectivity index (χ1) is 11.0. The molecule has 23 heavy (non-hydrogen) atoms. The minimum Gasteiger partial charge on any atom is -0.457 e. The van der Waals surface area contributed by atoms with Gasteiger partial charge in [-0.3, -0.25) is 10.1 Å². The minimum absolute atomic E-state index is 0.000958. The van der Waals surface area contributed by atoms with Crippen molar-refractivity contribution in [1.29, 1.82) is 0 Å². The highest BCUT2D eigenvalue weighted by Crippen LogP contribution is 2.19. The quantitative estimate of drug-likeness (QED) is 0.508. The topological polar surface area (TPSA) is 122 Å². The summed E-state index contributed by atoms with van der Waals surface area (Å²) < 4.78 is 5.07. The van der Waals surface area contributed by atoms with Gasteiger partial charge >= 0.3 is 11.9 Å². The van der Waals surface area contributed by atoms with Crippen molar-refractivity contribution in [2.24, 2.45) is 5.90 Å². The van der Waals surface area contributed by atoms with E-state index in [-0.39, 0.29) is 17.7 Å². The third kappa shape index (κ3) is 4.11. The standard InChI is InChI=1S/C15H12N2O6/c16-23-15(19)12-6-11(7-13(8-12)17(20)21)14(18)22-9-10-4-2-1-3-5-10/h1-8H,9,16H2. The van der Waals surface area contributed by atoms with Gasteiger partial charge in [-0.15, -0.1) is 0 Å². The number of esters is 1. The molecule has 8 heteroatoms. The maximum Gasteiger partial charge on any atom is 0.356 e. The summed E-state index contributed by atoms with van der Waals surface area (Å²) in [6, 6.07) is 12.0. The molecule has 0 aliphatic rings. The summed E-state index contributed by atoms with van der Waals surface area (Å²) in [6.45, 7) is -0.000958. The number of nitro benzene ring substituents is 1. The van der Waals surface area contributed by atoms with Crippen LogP contribution >= 0.6 is 0 Å². The predicted octanol–water partition coefficient (Wildman–Crippen LogP) is 1.98. The molecule has 0 heterocycles. The Balaban J connectivity index is 2.23. The summed E-state index contributed by atoms with van der Waals surface area (Å²) in [5, 5.41) is 10.9. The van der Waals surface area contributed by atoms with Crippen LogP contribution < -0.4 is 5.90 Å². The first kappa shape index (κ1) is 16.1. The first-order valence-electron chi connectivity index (χ1n) is 6.43. The van der Waals surface area contributed by atoms with Crippen LogP contribution in [-0.4, -0.2) is 16.9 Å². The molecule has 0 spiro atoms. The van der Waals surface area contributed by atoms with Gasteiger partial charge in [0.2, 0.25) is 0 Å². The van der Waals surface area contributed by atoms with Crippen molar-refractivity contribution in [3.05, 3.63) is 75.3 Å². The monoisotopic (exact) mass is 316 g/mol. The molecule has 0 aliphatic carbocycles. The number of nitrogens with two attached hydrogens (primary N) is 1. The van der Waals surface area contributed by atoms with E-state index in [0.717, 1.165) is 23.8 Å². The molecule has 0 bridgehead atoms. The molecule has 0 radical (unpaired) electrons. The van der Waals surface area contributed by atoms with Crippen LogP contribution in [0.3, 0.4) is 0 Å². The van der Waals surface area contributed by atoms with E-state index in [1.54, 1.807) is 24.3 Å². The van der Waals surface area contributed by atoms with Crippen molar-refractivity contribution in [2.45, 2.75) is 6.61 Å². The smallest absolute Gasteiger partial charge is 0.356 e. The van der Waals surface area contributed by atoms with E-state index in [4.69, 9.17) is 10.6 Å². The zero-order valence-corrected chi connectivity index (χ0v) is 11.8. The summed E-state index contributed by atoms with van der Waals surface area (Å²) >= 11 is 0. The van der Waals surface area contributed by atoms with Gasteiger partial charge in [-0.1, -0.05) is 30.3 Å². The number of hydrogen-bond donors (Lipinski definition) is 1. The molecular formula is C15H12N2O6. The van der Waals surface area contributed by atoms with E-state index in [1.807, 2.05) is 6.07 Å². The number of nitro groups is 1. The Labute approximate surface area is 130 Å². The molecule has 0 saturated heterocycles. The van der Waals surface area contributed by atoms with Crippen LogP contribution in [0, 0.1) is 10.1 Å². The molecule has 2 rings (SSSR count). The van der Waals surface area contributed by atoms with Crippen molar-refractivity contribution >= 4 is 17.6 Å². The lowest BCUT2D eigenvalue weighted by atomic mass is 10.1. The van der Waals surface area contributed by atoms with Gasteiger partial charge < -0.3 is 9.57 Å². The molecule has 0 atom stereocenters. The third-order valence-corrected chi connectivity index (χ3v) is 2.92. The van der Waals surface area contributed by atoms with Gasteiger partial charge in [-0.05, 0) is 11.6 Å². The fourth-order valence-corrected chi connectivity index (χ4v) is 1.83. The average Bonchev–Trinajstić information content (AvgIpc) is 2.59. The SMILES string of the molecule is NOC(=O)c1cc(C(=O)OCc2ccccc2)cc([N+](=O)[O-])c1.